The summed E-state index contributed by atoms with van der Waals surface area (Å²) in [6.45, 7) is 2.02. The molecule has 0 spiro atoms. The smallest absolute Gasteiger partial charge is 0.126 e. The summed E-state index contributed by atoms with van der Waals surface area (Å²) in [6, 6.07) is 11.7. The highest BCUT2D eigenvalue weighted by Gasteiger charge is 2.09. The quantitative estimate of drug-likeness (QED) is 0.922. The molecule has 2 aromatic rings. The van der Waals surface area contributed by atoms with Gasteiger partial charge in [0.2, 0.25) is 0 Å². The van der Waals surface area contributed by atoms with Crippen molar-refractivity contribution in [1.29, 1.82) is 0 Å². The summed E-state index contributed by atoms with van der Waals surface area (Å²) < 4.78 is 18.7. The standard InChI is InChI=1S/C15H15ClFNO/c1-10-7-11(5-6-14(10)17)15(18)9-19-13-4-2-3-12(16)8-13/h2-8,15H,9,18H2,1H3. The van der Waals surface area contributed by atoms with Crippen LogP contribution in [0.5, 0.6) is 5.75 Å². The molecule has 0 aliphatic carbocycles. The zero-order chi connectivity index (χ0) is 13.8. The average Bonchev–Trinajstić information content (AvgIpc) is 2.39. The lowest BCUT2D eigenvalue weighted by molar-refractivity contribution is 0.290. The second-order valence-electron chi connectivity index (χ2n) is 4.38. The highest BCUT2D eigenvalue weighted by Crippen LogP contribution is 2.20. The Morgan fingerprint density at radius 2 is 2.05 bits per heavy atom. The Bertz CT molecular complexity index is 574. The van der Waals surface area contributed by atoms with Gasteiger partial charge in [0.25, 0.3) is 0 Å². The molecule has 0 saturated carbocycles. The van der Waals surface area contributed by atoms with Crippen LogP contribution in [-0.2, 0) is 0 Å². The van der Waals surface area contributed by atoms with E-state index >= 15 is 0 Å². The molecular formula is C15H15ClFNO. The van der Waals surface area contributed by atoms with E-state index in [1.807, 2.05) is 12.1 Å². The van der Waals surface area contributed by atoms with Crippen LogP contribution < -0.4 is 10.5 Å². The molecule has 0 aliphatic heterocycles. The van der Waals surface area contributed by atoms with E-state index in [1.54, 1.807) is 31.2 Å². The maximum atomic E-state index is 13.2. The first-order valence-electron chi connectivity index (χ1n) is 5.96. The molecule has 0 aliphatic rings. The number of aryl methyl sites for hydroxylation is 1. The number of nitrogens with two attached hydrogens (primary N) is 1. The van der Waals surface area contributed by atoms with Crippen LogP contribution in [0.3, 0.4) is 0 Å². The second-order valence-corrected chi connectivity index (χ2v) is 4.82. The normalized spacial score (nSPS) is 12.2. The summed E-state index contributed by atoms with van der Waals surface area (Å²) in [5.41, 5.74) is 7.45. The van der Waals surface area contributed by atoms with Crippen LogP contribution in [0.4, 0.5) is 4.39 Å². The van der Waals surface area contributed by atoms with Crippen LogP contribution in [0.1, 0.15) is 17.2 Å². The molecule has 2 aromatic carbocycles. The molecule has 2 rings (SSSR count). The van der Waals surface area contributed by atoms with Gasteiger partial charge in [-0.3, -0.25) is 0 Å². The number of hydrogen-bond acceptors (Lipinski definition) is 2. The van der Waals surface area contributed by atoms with Crippen LogP contribution in [-0.4, -0.2) is 6.61 Å². The lowest BCUT2D eigenvalue weighted by Gasteiger charge is -2.14. The summed E-state index contributed by atoms with van der Waals surface area (Å²) in [5, 5.41) is 0.615. The van der Waals surface area contributed by atoms with Crippen molar-refractivity contribution >= 4 is 11.6 Å². The molecule has 2 nitrogen and oxygen atoms in total. The summed E-state index contributed by atoms with van der Waals surface area (Å²) in [7, 11) is 0. The predicted molar refractivity (Wildman–Crippen MR) is 75.0 cm³/mol. The molecular weight excluding hydrogens is 265 g/mol. The monoisotopic (exact) mass is 279 g/mol. The first kappa shape index (κ1) is 13.8. The molecule has 2 N–H and O–H groups in total. The minimum atomic E-state index is -0.307. The molecule has 100 valence electrons. The molecule has 0 saturated heterocycles. The SMILES string of the molecule is Cc1cc(C(N)COc2cccc(Cl)c2)ccc1F. The Labute approximate surface area is 117 Å². The highest BCUT2D eigenvalue weighted by atomic mass is 35.5. The Morgan fingerprint density at radius 3 is 2.74 bits per heavy atom. The lowest BCUT2D eigenvalue weighted by Crippen LogP contribution is -2.19. The first-order chi connectivity index (χ1) is 9.06. The largest absolute Gasteiger partial charge is 0.492 e. The number of hydrogen-bond donors (Lipinski definition) is 1. The fraction of sp³-hybridized carbons (Fsp3) is 0.200. The van der Waals surface area contributed by atoms with Crippen LogP contribution in [0.2, 0.25) is 5.02 Å². The average molecular weight is 280 g/mol. The van der Waals surface area contributed by atoms with Crippen molar-refractivity contribution in [2.24, 2.45) is 5.73 Å². The van der Waals surface area contributed by atoms with Crippen LogP contribution in [0.25, 0.3) is 0 Å². The van der Waals surface area contributed by atoms with Gasteiger partial charge in [0, 0.05) is 5.02 Å². The molecule has 0 bridgehead atoms. The predicted octanol–water partition coefficient (Wildman–Crippen LogP) is 3.87. The van der Waals surface area contributed by atoms with Crippen molar-refractivity contribution in [3.8, 4) is 5.75 Å². The summed E-state index contributed by atoms with van der Waals surface area (Å²) in [5.74, 6) is 0.438. The fourth-order valence-corrected chi connectivity index (χ4v) is 1.92. The minimum Gasteiger partial charge on any atom is -0.492 e. The van der Waals surface area contributed by atoms with E-state index in [9.17, 15) is 4.39 Å². The van der Waals surface area contributed by atoms with Crippen molar-refractivity contribution in [2.75, 3.05) is 6.61 Å². The van der Waals surface area contributed by atoms with Gasteiger partial charge in [-0.1, -0.05) is 29.8 Å². The first-order valence-corrected chi connectivity index (χ1v) is 6.34. The molecule has 4 heteroatoms. The van der Waals surface area contributed by atoms with Gasteiger partial charge in [0.15, 0.2) is 0 Å². The molecule has 0 aromatic heterocycles. The Hall–Kier alpha value is -1.58. The van der Waals surface area contributed by atoms with Gasteiger partial charge in [0.05, 0.1) is 6.04 Å². The lowest BCUT2D eigenvalue weighted by atomic mass is 10.1. The van der Waals surface area contributed by atoms with Crippen LogP contribution >= 0.6 is 11.6 Å². The topological polar surface area (TPSA) is 35.2 Å². The summed E-state index contributed by atoms with van der Waals surface area (Å²) in [4.78, 5) is 0. The third-order valence-electron chi connectivity index (χ3n) is 2.84. The zero-order valence-electron chi connectivity index (χ0n) is 10.6. The molecule has 0 amide bonds. The van der Waals surface area contributed by atoms with Crippen molar-refractivity contribution in [2.45, 2.75) is 13.0 Å². The highest BCUT2D eigenvalue weighted by molar-refractivity contribution is 6.30. The van der Waals surface area contributed by atoms with E-state index in [0.717, 1.165) is 5.56 Å². The van der Waals surface area contributed by atoms with Crippen LogP contribution in [0.15, 0.2) is 42.5 Å². The van der Waals surface area contributed by atoms with Crippen molar-refractivity contribution < 1.29 is 9.13 Å². The van der Waals surface area contributed by atoms with Gasteiger partial charge < -0.3 is 10.5 Å². The van der Waals surface area contributed by atoms with E-state index in [0.29, 0.717) is 22.9 Å². The Balaban J connectivity index is 2.01. The second kappa shape index (κ2) is 6.04. The molecule has 0 fully saturated rings. The summed E-state index contributed by atoms with van der Waals surface area (Å²) >= 11 is 5.86. The summed E-state index contributed by atoms with van der Waals surface area (Å²) in [6.07, 6.45) is 0. The number of halogens is 2. The molecule has 19 heavy (non-hydrogen) atoms. The van der Waals surface area contributed by atoms with E-state index in [4.69, 9.17) is 22.1 Å². The van der Waals surface area contributed by atoms with Crippen molar-refractivity contribution in [1.82, 2.24) is 0 Å². The van der Waals surface area contributed by atoms with Crippen molar-refractivity contribution in [3.05, 3.63) is 64.4 Å². The van der Waals surface area contributed by atoms with E-state index < -0.39 is 0 Å². The Kier molecular flexibility index (Phi) is 4.40. The molecule has 1 unspecified atom stereocenters. The number of ether oxygens (including phenoxy) is 1. The third kappa shape index (κ3) is 3.69. The third-order valence-corrected chi connectivity index (χ3v) is 3.07. The van der Waals surface area contributed by atoms with Gasteiger partial charge >= 0.3 is 0 Å². The van der Waals surface area contributed by atoms with Gasteiger partial charge in [0.1, 0.15) is 18.2 Å². The Morgan fingerprint density at radius 1 is 1.26 bits per heavy atom. The van der Waals surface area contributed by atoms with Crippen molar-refractivity contribution in [3.63, 3.8) is 0 Å². The maximum Gasteiger partial charge on any atom is 0.126 e. The number of rotatable bonds is 4. The number of benzene rings is 2. The molecule has 0 heterocycles. The minimum absolute atomic E-state index is 0.230. The van der Waals surface area contributed by atoms with Gasteiger partial charge in [-0.15, -0.1) is 0 Å². The zero-order valence-corrected chi connectivity index (χ0v) is 11.3. The van der Waals surface area contributed by atoms with E-state index in [2.05, 4.69) is 0 Å². The maximum absolute atomic E-state index is 13.2. The van der Waals surface area contributed by atoms with Crippen LogP contribution in [0, 0.1) is 12.7 Å². The van der Waals surface area contributed by atoms with Gasteiger partial charge in [-0.2, -0.15) is 0 Å². The van der Waals surface area contributed by atoms with E-state index in [-0.39, 0.29) is 11.9 Å². The molecule has 1 atom stereocenters. The molecule has 0 radical (unpaired) electrons. The van der Waals surface area contributed by atoms with Gasteiger partial charge in [-0.25, -0.2) is 4.39 Å². The van der Waals surface area contributed by atoms with Gasteiger partial charge in [-0.05, 0) is 42.3 Å². The fourth-order valence-electron chi connectivity index (χ4n) is 1.74. The van der Waals surface area contributed by atoms with E-state index in [1.165, 1.54) is 6.07 Å².